The fourth-order valence-electron chi connectivity index (χ4n) is 3.32. The Kier molecular flexibility index (Phi) is 2.77. The minimum absolute atomic E-state index is 0.101. The first-order valence-electron chi connectivity index (χ1n) is 7.50. The number of hydrogen-bond donors (Lipinski definition) is 0. The summed E-state index contributed by atoms with van der Waals surface area (Å²) in [5.74, 6) is 0.101. The van der Waals surface area contributed by atoms with Gasteiger partial charge in [0.2, 0.25) is 0 Å². The van der Waals surface area contributed by atoms with Gasteiger partial charge in [0.25, 0.3) is 0 Å². The third-order valence-electron chi connectivity index (χ3n) is 4.39. The highest BCUT2D eigenvalue weighted by atomic mass is 16.1. The van der Waals surface area contributed by atoms with E-state index < -0.39 is 0 Å². The normalized spacial score (nSPS) is 15.7. The lowest BCUT2D eigenvalue weighted by Gasteiger charge is -2.15. The van der Waals surface area contributed by atoms with Crippen molar-refractivity contribution in [1.82, 2.24) is 0 Å². The number of ketones is 1. The molecule has 0 unspecified atom stereocenters. The molecule has 0 amide bonds. The van der Waals surface area contributed by atoms with Crippen LogP contribution < -0.4 is 0 Å². The Labute approximate surface area is 130 Å². The fraction of sp³-hybridized carbons (Fsp3) is 0.0952. The van der Waals surface area contributed by atoms with Gasteiger partial charge in [0.15, 0.2) is 5.78 Å². The molecule has 0 heterocycles. The molecule has 106 valence electrons. The number of rotatable bonds is 1. The molecule has 0 fully saturated rings. The molecule has 0 aromatic heterocycles. The maximum Gasteiger partial charge on any atom is 0.187 e. The highest BCUT2D eigenvalue weighted by Gasteiger charge is 2.26. The molecule has 0 saturated carbocycles. The first-order chi connectivity index (χ1) is 10.6. The number of hydrogen-bond acceptors (Lipinski definition) is 1. The molecule has 4 rings (SSSR count). The molecule has 0 spiro atoms. The summed E-state index contributed by atoms with van der Waals surface area (Å²) in [6, 6.07) is 14.5. The summed E-state index contributed by atoms with van der Waals surface area (Å²) >= 11 is 0. The Morgan fingerprint density at radius 2 is 1.59 bits per heavy atom. The van der Waals surface area contributed by atoms with Crippen LogP contribution in [0.1, 0.15) is 27.8 Å². The van der Waals surface area contributed by atoms with Crippen molar-refractivity contribution < 1.29 is 4.79 Å². The van der Waals surface area contributed by atoms with Crippen LogP contribution in [0.2, 0.25) is 0 Å². The smallest absolute Gasteiger partial charge is 0.187 e. The average Bonchev–Trinajstić information content (AvgIpc) is 2.87. The van der Waals surface area contributed by atoms with Crippen LogP contribution in [-0.2, 0) is 4.79 Å². The molecule has 0 atom stereocenters. The number of benzene rings is 2. The van der Waals surface area contributed by atoms with Gasteiger partial charge in [0.05, 0.1) is 0 Å². The van der Waals surface area contributed by atoms with Gasteiger partial charge in [-0.25, -0.2) is 0 Å². The highest BCUT2D eigenvalue weighted by Crippen LogP contribution is 2.41. The SMILES string of the molecule is Cc1ccc(C2=CC(=O)C3=Cc4ccccc4C3=C2)c(C)c1. The molecule has 0 aliphatic heterocycles. The summed E-state index contributed by atoms with van der Waals surface area (Å²) in [7, 11) is 0. The number of fused-ring (bicyclic) bond motifs is 3. The van der Waals surface area contributed by atoms with Crippen LogP contribution in [0.3, 0.4) is 0 Å². The van der Waals surface area contributed by atoms with Crippen LogP contribution in [0.5, 0.6) is 0 Å². The van der Waals surface area contributed by atoms with E-state index in [1.165, 1.54) is 11.1 Å². The quantitative estimate of drug-likeness (QED) is 0.738. The summed E-state index contributed by atoms with van der Waals surface area (Å²) in [4.78, 5) is 12.5. The number of carbonyl (C=O) groups excluding carboxylic acids is 1. The zero-order valence-electron chi connectivity index (χ0n) is 12.7. The lowest BCUT2D eigenvalue weighted by molar-refractivity contribution is -0.110. The first kappa shape index (κ1) is 13.0. The van der Waals surface area contributed by atoms with Crippen molar-refractivity contribution in [3.05, 3.63) is 88.0 Å². The summed E-state index contributed by atoms with van der Waals surface area (Å²) in [6.45, 7) is 4.18. The van der Waals surface area contributed by atoms with Crippen LogP contribution in [0, 0.1) is 13.8 Å². The van der Waals surface area contributed by atoms with Crippen molar-refractivity contribution in [3.63, 3.8) is 0 Å². The van der Waals surface area contributed by atoms with Crippen LogP contribution >= 0.6 is 0 Å². The molecule has 2 aromatic rings. The van der Waals surface area contributed by atoms with E-state index in [4.69, 9.17) is 0 Å². The van der Waals surface area contributed by atoms with Gasteiger partial charge in [0, 0.05) is 5.57 Å². The van der Waals surface area contributed by atoms with Crippen LogP contribution in [0.4, 0.5) is 0 Å². The molecule has 0 bridgehead atoms. The van der Waals surface area contributed by atoms with Gasteiger partial charge in [-0.3, -0.25) is 4.79 Å². The minimum atomic E-state index is 0.101. The predicted molar refractivity (Wildman–Crippen MR) is 91.3 cm³/mol. The molecule has 1 heteroatoms. The zero-order chi connectivity index (χ0) is 15.3. The Morgan fingerprint density at radius 1 is 0.773 bits per heavy atom. The second-order valence-electron chi connectivity index (χ2n) is 5.99. The number of aryl methyl sites for hydroxylation is 2. The summed E-state index contributed by atoms with van der Waals surface area (Å²) < 4.78 is 0. The topological polar surface area (TPSA) is 17.1 Å². The Morgan fingerprint density at radius 3 is 2.41 bits per heavy atom. The molecule has 0 N–H and O–H groups in total. The Hall–Kier alpha value is -2.67. The Balaban J connectivity index is 1.88. The van der Waals surface area contributed by atoms with Gasteiger partial charge in [-0.1, -0.05) is 48.0 Å². The van der Waals surface area contributed by atoms with Gasteiger partial charge in [0.1, 0.15) is 0 Å². The van der Waals surface area contributed by atoms with Crippen molar-refractivity contribution in [2.45, 2.75) is 13.8 Å². The van der Waals surface area contributed by atoms with Crippen molar-refractivity contribution in [3.8, 4) is 0 Å². The Bertz CT molecular complexity index is 907. The van der Waals surface area contributed by atoms with Gasteiger partial charge in [-0.15, -0.1) is 0 Å². The molecule has 2 aromatic carbocycles. The molecule has 2 aliphatic rings. The monoisotopic (exact) mass is 284 g/mol. The van der Waals surface area contributed by atoms with E-state index >= 15 is 0 Å². The van der Waals surface area contributed by atoms with Gasteiger partial charge < -0.3 is 0 Å². The molecule has 0 radical (unpaired) electrons. The fourth-order valence-corrected chi connectivity index (χ4v) is 3.32. The molecular weight excluding hydrogens is 268 g/mol. The summed E-state index contributed by atoms with van der Waals surface area (Å²) in [5, 5.41) is 0. The van der Waals surface area contributed by atoms with Crippen LogP contribution in [0.15, 0.2) is 60.2 Å². The van der Waals surface area contributed by atoms with E-state index in [0.29, 0.717) is 0 Å². The first-order valence-corrected chi connectivity index (χ1v) is 7.50. The van der Waals surface area contributed by atoms with Crippen molar-refractivity contribution >= 4 is 23.0 Å². The standard InChI is InChI=1S/C21H16O/c1-13-7-8-17(14(2)9-13)16-11-19-18-6-4-3-5-15(18)10-20(19)21(22)12-16/h3-12H,1-2H3. The zero-order valence-corrected chi connectivity index (χ0v) is 12.7. The maximum absolute atomic E-state index is 12.5. The second-order valence-corrected chi connectivity index (χ2v) is 5.99. The maximum atomic E-state index is 12.5. The van der Waals surface area contributed by atoms with Crippen LogP contribution in [-0.4, -0.2) is 5.78 Å². The number of allylic oxidation sites excluding steroid dienone is 5. The molecular formula is C21H16O. The van der Waals surface area contributed by atoms with Crippen molar-refractivity contribution in [2.75, 3.05) is 0 Å². The third-order valence-corrected chi connectivity index (χ3v) is 4.39. The minimum Gasteiger partial charge on any atom is -0.289 e. The summed E-state index contributed by atoms with van der Waals surface area (Å²) in [5.41, 5.74) is 8.74. The number of carbonyl (C=O) groups is 1. The lowest BCUT2D eigenvalue weighted by Crippen LogP contribution is -2.05. The molecule has 0 saturated heterocycles. The largest absolute Gasteiger partial charge is 0.289 e. The third kappa shape index (κ3) is 1.90. The molecule has 1 nitrogen and oxygen atoms in total. The van der Waals surface area contributed by atoms with E-state index in [-0.39, 0.29) is 5.78 Å². The highest BCUT2D eigenvalue weighted by molar-refractivity contribution is 6.27. The second kappa shape index (κ2) is 4.67. The van der Waals surface area contributed by atoms with E-state index in [1.54, 1.807) is 6.08 Å². The predicted octanol–water partition coefficient (Wildman–Crippen LogP) is 4.75. The van der Waals surface area contributed by atoms with E-state index in [1.807, 2.05) is 18.2 Å². The molecule has 2 aliphatic carbocycles. The van der Waals surface area contributed by atoms with Gasteiger partial charge >= 0.3 is 0 Å². The van der Waals surface area contributed by atoms with E-state index in [2.05, 4.69) is 50.3 Å². The van der Waals surface area contributed by atoms with Crippen molar-refractivity contribution in [1.29, 1.82) is 0 Å². The molecule has 22 heavy (non-hydrogen) atoms. The summed E-state index contributed by atoms with van der Waals surface area (Å²) in [6.07, 6.45) is 5.91. The lowest BCUT2D eigenvalue weighted by atomic mass is 9.88. The average molecular weight is 284 g/mol. The van der Waals surface area contributed by atoms with E-state index in [9.17, 15) is 4.79 Å². The van der Waals surface area contributed by atoms with Crippen LogP contribution in [0.25, 0.3) is 17.2 Å². The van der Waals surface area contributed by atoms with Gasteiger partial charge in [-0.2, -0.15) is 0 Å². The van der Waals surface area contributed by atoms with Gasteiger partial charge in [-0.05, 0) is 65.5 Å². The van der Waals surface area contributed by atoms with E-state index in [0.717, 1.165) is 33.4 Å². The van der Waals surface area contributed by atoms with Crippen molar-refractivity contribution in [2.24, 2.45) is 0 Å².